The summed E-state index contributed by atoms with van der Waals surface area (Å²) in [5, 5.41) is 0. The third kappa shape index (κ3) is 3.03. The Morgan fingerprint density at radius 1 is 1.32 bits per heavy atom. The van der Waals surface area contributed by atoms with Crippen LogP contribution < -0.4 is 10.6 Å². The molecular formula is C14H22N2O2S. The molecule has 1 saturated heterocycles. The largest absolute Gasteiger partial charge is 0.396 e. The first-order valence-electron chi connectivity index (χ1n) is 6.54. The molecule has 106 valence electrons. The molecule has 0 spiro atoms. The summed E-state index contributed by atoms with van der Waals surface area (Å²) >= 11 is 0. The Morgan fingerprint density at radius 3 is 2.58 bits per heavy atom. The average molecular weight is 282 g/mol. The summed E-state index contributed by atoms with van der Waals surface area (Å²) in [5.74, 6) is 0. The van der Waals surface area contributed by atoms with Gasteiger partial charge in [-0.05, 0) is 30.4 Å². The van der Waals surface area contributed by atoms with E-state index in [1.54, 1.807) is 12.1 Å². The number of anilines is 2. The number of hydrogen-bond acceptors (Lipinski definition) is 4. The van der Waals surface area contributed by atoms with Crippen LogP contribution in [0.15, 0.2) is 23.1 Å². The van der Waals surface area contributed by atoms with Gasteiger partial charge in [-0.3, -0.25) is 0 Å². The summed E-state index contributed by atoms with van der Waals surface area (Å²) in [5.41, 5.74) is 7.53. The Morgan fingerprint density at radius 2 is 2.00 bits per heavy atom. The van der Waals surface area contributed by atoms with E-state index in [-0.39, 0.29) is 10.3 Å². The Bertz CT molecular complexity index is 579. The van der Waals surface area contributed by atoms with Gasteiger partial charge in [0.2, 0.25) is 0 Å². The lowest BCUT2D eigenvalue weighted by Gasteiger charge is -2.40. The van der Waals surface area contributed by atoms with Crippen LogP contribution in [0.1, 0.15) is 26.7 Å². The van der Waals surface area contributed by atoms with Crippen LogP contribution in [-0.4, -0.2) is 27.8 Å². The molecule has 1 aliphatic rings. The van der Waals surface area contributed by atoms with Crippen LogP contribution in [0, 0.1) is 5.41 Å². The van der Waals surface area contributed by atoms with Crippen molar-refractivity contribution >= 4 is 21.2 Å². The molecule has 0 amide bonds. The molecule has 1 heterocycles. The molecular weight excluding hydrogens is 260 g/mol. The van der Waals surface area contributed by atoms with Gasteiger partial charge in [0, 0.05) is 19.3 Å². The minimum atomic E-state index is -3.28. The van der Waals surface area contributed by atoms with Gasteiger partial charge in [-0.2, -0.15) is 0 Å². The number of sulfone groups is 1. The highest BCUT2D eigenvalue weighted by molar-refractivity contribution is 7.90. The number of para-hydroxylation sites is 1. The Labute approximate surface area is 115 Å². The van der Waals surface area contributed by atoms with E-state index in [9.17, 15) is 8.42 Å². The van der Waals surface area contributed by atoms with Crippen LogP contribution in [0.25, 0.3) is 0 Å². The molecule has 0 unspecified atom stereocenters. The van der Waals surface area contributed by atoms with Crippen molar-refractivity contribution in [2.75, 3.05) is 30.0 Å². The SMILES string of the molecule is CC1(C)CCCN(c2cccc(S(C)(=O)=O)c2N)C1. The topological polar surface area (TPSA) is 63.4 Å². The molecule has 0 radical (unpaired) electrons. The number of hydrogen-bond donors (Lipinski definition) is 1. The number of rotatable bonds is 2. The second-order valence-electron chi connectivity index (χ2n) is 6.15. The van der Waals surface area contributed by atoms with Crippen molar-refractivity contribution in [1.29, 1.82) is 0 Å². The van der Waals surface area contributed by atoms with Crippen LogP contribution in [0.3, 0.4) is 0 Å². The van der Waals surface area contributed by atoms with Crippen molar-refractivity contribution in [3.63, 3.8) is 0 Å². The summed E-state index contributed by atoms with van der Waals surface area (Å²) in [7, 11) is -3.28. The lowest BCUT2D eigenvalue weighted by molar-refractivity contribution is 0.293. The van der Waals surface area contributed by atoms with E-state index in [1.165, 1.54) is 12.7 Å². The maximum atomic E-state index is 11.7. The number of nitrogens with zero attached hydrogens (tertiary/aromatic N) is 1. The van der Waals surface area contributed by atoms with E-state index in [0.29, 0.717) is 5.69 Å². The van der Waals surface area contributed by atoms with E-state index >= 15 is 0 Å². The molecule has 1 aromatic rings. The van der Waals surface area contributed by atoms with Crippen molar-refractivity contribution < 1.29 is 8.42 Å². The normalized spacial score (nSPS) is 19.4. The maximum Gasteiger partial charge on any atom is 0.177 e. The van der Waals surface area contributed by atoms with Crippen molar-refractivity contribution in [3.05, 3.63) is 18.2 Å². The Balaban J connectivity index is 2.41. The van der Waals surface area contributed by atoms with Crippen LogP contribution >= 0.6 is 0 Å². The van der Waals surface area contributed by atoms with Gasteiger partial charge in [-0.15, -0.1) is 0 Å². The molecule has 0 aliphatic carbocycles. The standard InChI is InChI=1S/C14H22N2O2S/c1-14(2)8-5-9-16(10-14)11-6-4-7-12(13(11)15)19(3,17)18/h4,6-7H,5,8-10,15H2,1-3H3. The fourth-order valence-corrected chi connectivity index (χ4v) is 3.59. The van der Waals surface area contributed by atoms with Crippen molar-refractivity contribution in [1.82, 2.24) is 0 Å². The number of benzene rings is 1. The lowest BCUT2D eigenvalue weighted by atomic mass is 9.84. The molecule has 2 rings (SSSR count). The van der Waals surface area contributed by atoms with Gasteiger partial charge in [0.15, 0.2) is 9.84 Å². The van der Waals surface area contributed by atoms with Gasteiger partial charge in [0.05, 0.1) is 16.3 Å². The second-order valence-corrected chi connectivity index (χ2v) is 8.13. The fraction of sp³-hybridized carbons (Fsp3) is 0.571. The molecule has 2 N–H and O–H groups in total. The van der Waals surface area contributed by atoms with E-state index in [2.05, 4.69) is 18.7 Å². The van der Waals surface area contributed by atoms with Crippen molar-refractivity contribution in [2.24, 2.45) is 5.41 Å². The van der Waals surface area contributed by atoms with E-state index in [0.717, 1.165) is 25.2 Å². The van der Waals surface area contributed by atoms with Gasteiger partial charge < -0.3 is 10.6 Å². The van der Waals surface area contributed by atoms with Crippen molar-refractivity contribution in [2.45, 2.75) is 31.6 Å². The highest BCUT2D eigenvalue weighted by atomic mass is 32.2. The minimum absolute atomic E-state index is 0.230. The van der Waals surface area contributed by atoms with Gasteiger partial charge in [0.1, 0.15) is 0 Å². The zero-order valence-corrected chi connectivity index (χ0v) is 12.6. The maximum absolute atomic E-state index is 11.7. The lowest BCUT2D eigenvalue weighted by Crippen LogP contribution is -2.40. The molecule has 19 heavy (non-hydrogen) atoms. The predicted molar refractivity (Wildman–Crippen MR) is 79.2 cm³/mol. The van der Waals surface area contributed by atoms with Gasteiger partial charge in [-0.1, -0.05) is 19.9 Å². The minimum Gasteiger partial charge on any atom is -0.396 e. The summed E-state index contributed by atoms with van der Waals surface area (Å²) in [6.07, 6.45) is 3.49. The van der Waals surface area contributed by atoms with Crippen molar-refractivity contribution in [3.8, 4) is 0 Å². The molecule has 5 heteroatoms. The molecule has 1 aromatic carbocycles. The van der Waals surface area contributed by atoms with Gasteiger partial charge in [-0.25, -0.2) is 8.42 Å². The molecule has 1 fully saturated rings. The Hall–Kier alpha value is -1.23. The number of nitrogen functional groups attached to an aromatic ring is 1. The van der Waals surface area contributed by atoms with Crippen LogP contribution in [0.4, 0.5) is 11.4 Å². The second kappa shape index (κ2) is 4.71. The number of nitrogens with two attached hydrogens (primary N) is 1. The smallest absolute Gasteiger partial charge is 0.177 e. The third-order valence-electron chi connectivity index (χ3n) is 3.68. The highest BCUT2D eigenvalue weighted by Gasteiger charge is 2.28. The monoisotopic (exact) mass is 282 g/mol. The summed E-state index contributed by atoms with van der Waals surface area (Å²) in [6.45, 7) is 6.30. The first-order valence-corrected chi connectivity index (χ1v) is 8.43. The fourth-order valence-electron chi connectivity index (χ4n) is 2.76. The molecule has 4 nitrogen and oxygen atoms in total. The Kier molecular flexibility index (Phi) is 3.51. The average Bonchev–Trinajstić information content (AvgIpc) is 2.26. The quantitative estimate of drug-likeness (QED) is 0.845. The third-order valence-corrected chi connectivity index (χ3v) is 4.84. The van der Waals surface area contributed by atoms with Crippen LogP contribution in [0.5, 0.6) is 0 Å². The van der Waals surface area contributed by atoms with E-state index < -0.39 is 9.84 Å². The number of piperidine rings is 1. The molecule has 0 aromatic heterocycles. The molecule has 0 saturated carbocycles. The molecule has 0 atom stereocenters. The first-order chi connectivity index (χ1) is 8.71. The molecule has 1 aliphatic heterocycles. The van der Waals surface area contributed by atoms with Crippen LogP contribution in [0.2, 0.25) is 0 Å². The zero-order chi connectivity index (χ0) is 14.3. The summed E-state index contributed by atoms with van der Waals surface area (Å²) < 4.78 is 23.4. The van der Waals surface area contributed by atoms with Gasteiger partial charge >= 0.3 is 0 Å². The van der Waals surface area contributed by atoms with Crippen LogP contribution in [-0.2, 0) is 9.84 Å². The van der Waals surface area contributed by atoms with E-state index in [1.807, 2.05) is 6.07 Å². The predicted octanol–water partition coefficient (Wildman–Crippen LogP) is 2.30. The summed E-state index contributed by atoms with van der Waals surface area (Å²) in [4.78, 5) is 2.43. The highest BCUT2D eigenvalue weighted by Crippen LogP contribution is 2.36. The van der Waals surface area contributed by atoms with Gasteiger partial charge in [0.25, 0.3) is 0 Å². The first kappa shape index (κ1) is 14.2. The zero-order valence-electron chi connectivity index (χ0n) is 11.8. The van der Waals surface area contributed by atoms with E-state index in [4.69, 9.17) is 5.73 Å². The summed E-state index contributed by atoms with van der Waals surface area (Å²) in [6, 6.07) is 5.25. The molecule has 0 bridgehead atoms.